The van der Waals surface area contributed by atoms with Gasteiger partial charge in [0, 0.05) is 30.1 Å². The molecule has 10 heteroatoms. The molecule has 0 spiro atoms. The van der Waals surface area contributed by atoms with Crippen LogP contribution < -0.4 is 10.0 Å². The summed E-state index contributed by atoms with van der Waals surface area (Å²) < 4.78 is 42.0. The Bertz CT molecular complexity index is 1180. The maximum absolute atomic E-state index is 14.7. The number of anilines is 2. The summed E-state index contributed by atoms with van der Waals surface area (Å²) in [7, 11) is -2.10. The van der Waals surface area contributed by atoms with Gasteiger partial charge < -0.3 is 5.32 Å². The van der Waals surface area contributed by atoms with Crippen molar-refractivity contribution < 1.29 is 12.8 Å². The third-order valence-electron chi connectivity index (χ3n) is 5.20. The van der Waals surface area contributed by atoms with Gasteiger partial charge in [0.2, 0.25) is 5.03 Å². The van der Waals surface area contributed by atoms with Crippen molar-refractivity contribution in [1.29, 1.82) is 0 Å². The summed E-state index contributed by atoms with van der Waals surface area (Å²) in [6.07, 6.45) is 0. The lowest BCUT2D eigenvalue weighted by Crippen LogP contribution is -2.37. The van der Waals surface area contributed by atoms with Crippen molar-refractivity contribution in [3.63, 3.8) is 0 Å². The maximum atomic E-state index is 14.7. The number of hydrogen-bond donors (Lipinski definition) is 2. The smallest absolute Gasteiger partial charge is 0.283 e. The molecule has 0 aliphatic carbocycles. The lowest BCUT2D eigenvalue weighted by molar-refractivity contribution is 0.167. The Hall–Kier alpha value is -2.56. The predicted molar refractivity (Wildman–Crippen MR) is 127 cm³/mol. The van der Waals surface area contributed by atoms with Gasteiger partial charge in [0.05, 0.1) is 16.9 Å². The van der Waals surface area contributed by atoms with E-state index in [2.05, 4.69) is 58.8 Å². The highest BCUT2D eigenvalue weighted by molar-refractivity contribution is 7.92. The van der Waals surface area contributed by atoms with Crippen LogP contribution in [-0.4, -0.2) is 35.9 Å². The third kappa shape index (κ3) is 5.81. The first-order chi connectivity index (χ1) is 15.0. The maximum Gasteiger partial charge on any atom is 0.283 e. The van der Waals surface area contributed by atoms with Crippen molar-refractivity contribution in [2.45, 2.75) is 51.3 Å². The standard InChI is InChI=1S/C22H28FN5O2S2/c1-15-19(10-18(23)21(26-15)32(29,30)27-20-13-31-14-25-20)24-11-16-8-6-7-9-17(16)12-28(5)22(2,3)4/h6-10,13-14,24,27H,11-12H2,1-5H3. The Balaban J connectivity index is 1.78. The third-order valence-corrected chi connectivity index (χ3v) is 7.06. The van der Waals surface area contributed by atoms with E-state index in [4.69, 9.17) is 0 Å². The van der Waals surface area contributed by atoms with E-state index in [-0.39, 0.29) is 11.4 Å². The fraction of sp³-hybridized carbons (Fsp3) is 0.364. The lowest BCUT2D eigenvalue weighted by atomic mass is 10.0. The Morgan fingerprint density at radius 1 is 1.19 bits per heavy atom. The molecule has 0 saturated heterocycles. The molecule has 0 radical (unpaired) electrons. The molecule has 0 bridgehead atoms. The van der Waals surface area contributed by atoms with Gasteiger partial charge in [0.15, 0.2) is 11.6 Å². The molecule has 0 aliphatic rings. The number of hydrogen-bond acceptors (Lipinski definition) is 7. The fourth-order valence-corrected chi connectivity index (χ4v) is 4.56. The number of nitrogens with zero attached hydrogens (tertiary/aromatic N) is 3. The topological polar surface area (TPSA) is 87.2 Å². The predicted octanol–water partition coefficient (Wildman–Crippen LogP) is 4.63. The average molecular weight is 478 g/mol. The number of pyridine rings is 1. The van der Waals surface area contributed by atoms with Crippen LogP contribution in [0.2, 0.25) is 0 Å². The van der Waals surface area contributed by atoms with Gasteiger partial charge in [-0.2, -0.15) is 8.42 Å². The van der Waals surface area contributed by atoms with E-state index in [0.717, 1.165) is 17.7 Å². The molecular weight excluding hydrogens is 449 g/mol. The van der Waals surface area contributed by atoms with Crippen LogP contribution in [0.5, 0.6) is 0 Å². The van der Waals surface area contributed by atoms with Crippen LogP contribution in [0, 0.1) is 12.7 Å². The van der Waals surface area contributed by atoms with Gasteiger partial charge in [-0.25, -0.2) is 14.4 Å². The summed E-state index contributed by atoms with van der Waals surface area (Å²) in [6, 6.07) is 9.22. The van der Waals surface area contributed by atoms with Gasteiger partial charge >= 0.3 is 0 Å². The van der Waals surface area contributed by atoms with Gasteiger partial charge in [-0.1, -0.05) is 24.3 Å². The Labute approximate surface area is 192 Å². The summed E-state index contributed by atoms with van der Waals surface area (Å²) in [5.41, 5.74) is 4.57. The summed E-state index contributed by atoms with van der Waals surface area (Å²) >= 11 is 1.23. The first kappa shape index (κ1) is 24.1. The van der Waals surface area contributed by atoms with Crippen molar-refractivity contribution in [3.8, 4) is 0 Å². The largest absolute Gasteiger partial charge is 0.379 e. The number of aromatic nitrogens is 2. The normalized spacial score (nSPS) is 12.2. The molecule has 1 aromatic carbocycles. The van der Waals surface area contributed by atoms with E-state index in [0.29, 0.717) is 17.9 Å². The number of thiazole rings is 1. The highest BCUT2D eigenvalue weighted by atomic mass is 32.2. The van der Waals surface area contributed by atoms with Crippen molar-refractivity contribution in [1.82, 2.24) is 14.9 Å². The second-order valence-electron chi connectivity index (χ2n) is 8.54. The van der Waals surface area contributed by atoms with Crippen molar-refractivity contribution >= 4 is 32.9 Å². The molecule has 3 rings (SSSR count). The molecule has 2 N–H and O–H groups in total. The monoisotopic (exact) mass is 477 g/mol. The Morgan fingerprint density at radius 2 is 1.88 bits per heavy atom. The van der Waals surface area contributed by atoms with Crippen molar-refractivity contribution in [2.75, 3.05) is 17.1 Å². The van der Waals surface area contributed by atoms with Crippen molar-refractivity contribution in [3.05, 3.63) is 63.9 Å². The van der Waals surface area contributed by atoms with Crippen molar-refractivity contribution in [2.24, 2.45) is 0 Å². The van der Waals surface area contributed by atoms with Gasteiger partial charge in [-0.05, 0) is 45.9 Å². The van der Waals surface area contributed by atoms with E-state index >= 15 is 0 Å². The molecule has 0 amide bonds. The zero-order chi connectivity index (χ0) is 23.5. The van der Waals surface area contributed by atoms with E-state index < -0.39 is 20.9 Å². The Kier molecular flexibility index (Phi) is 7.16. The summed E-state index contributed by atoms with van der Waals surface area (Å²) in [5.74, 6) is -0.797. The van der Waals surface area contributed by atoms with Crippen LogP contribution in [0.3, 0.4) is 0 Å². The first-order valence-electron chi connectivity index (χ1n) is 10.1. The quantitative estimate of drug-likeness (QED) is 0.492. The highest BCUT2D eigenvalue weighted by Crippen LogP contribution is 2.24. The molecule has 2 aromatic heterocycles. The molecular formula is C22H28FN5O2S2. The number of halogens is 1. The van der Waals surface area contributed by atoms with Crippen LogP contribution in [-0.2, 0) is 23.1 Å². The molecule has 0 aliphatic heterocycles. The lowest BCUT2D eigenvalue weighted by Gasteiger charge is -2.32. The summed E-state index contributed by atoms with van der Waals surface area (Å²) in [4.78, 5) is 10.1. The van der Waals surface area contributed by atoms with Gasteiger partial charge in [-0.3, -0.25) is 9.62 Å². The second-order valence-corrected chi connectivity index (χ2v) is 10.9. The Morgan fingerprint density at radius 3 is 2.50 bits per heavy atom. The molecule has 0 saturated carbocycles. The molecule has 7 nitrogen and oxygen atoms in total. The molecule has 172 valence electrons. The summed E-state index contributed by atoms with van der Waals surface area (Å²) in [6.45, 7) is 9.34. The van der Waals surface area contributed by atoms with Crippen LogP contribution in [0.15, 0.2) is 46.2 Å². The molecule has 2 heterocycles. The fourth-order valence-electron chi connectivity index (χ4n) is 2.94. The van der Waals surface area contributed by atoms with Gasteiger partial charge in [0.25, 0.3) is 10.0 Å². The first-order valence-corrected chi connectivity index (χ1v) is 12.5. The average Bonchev–Trinajstić information content (AvgIpc) is 3.20. The van der Waals surface area contributed by atoms with Gasteiger partial charge in [-0.15, -0.1) is 11.3 Å². The van der Waals surface area contributed by atoms with E-state index in [9.17, 15) is 12.8 Å². The number of sulfonamides is 1. The number of rotatable bonds is 8. The number of aryl methyl sites for hydroxylation is 1. The van der Waals surface area contributed by atoms with Crippen LogP contribution >= 0.6 is 11.3 Å². The zero-order valence-corrected chi connectivity index (χ0v) is 20.4. The number of benzene rings is 1. The van der Waals surface area contributed by atoms with Crippen LogP contribution in [0.1, 0.15) is 37.6 Å². The second kappa shape index (κ2) is 9.51. The van der Waals surface area contributed by atoms with Gasteiger partial charge in [0.1, 0.15) is 0 Å². The summed E-state index contributed by atoms with van der Waals surface area (Å²) in [5, 5.41) is 4.07. The highest BCUT2D eigenvalue weighted by Gasteiger charge is 2.24. The van der Waals surface area contributed by atoms with Crippen LogP contribution in [0.25, 0.3) is 0 Å². The molecule has 3 aromatic rings. The van der Waals surface area contributed by atoms with E-state index in [1.54, 1.807) is 6.92 Å². The minimum absolute atomic E-state index is 0.0259. The van der Waals surface area contributed by atoms with E-state index in [1.165, 1.54) is 28.3 Å². The zero-order valence-electron chi connectivity index (χ0n) is 18.8. The minimum atomic E-state index is -4.18. The molecule has 0 unspecified atom stereocenters. The minimum Gasteiger partial charge on any atom is -0.379 e. The van der Waals surface area contributed by atoms with Crippen LogP contribution in [0.4, 0.5) is 15.9 Å². The van der Waals surface area contributed by atoms with E-state index in [1.807, 2.05) is 18.2 Å². The molecule has 0 atom stereocenters. The SMILES string of the molecule is Cc1nc(S(=O)(=O)Nc2cscn2)c(F)cc1NCc1ccccc1CN(C)C(C)(C)C. The molecule has 32 heavy (non-hydrogen) atoms. The number of nitrogens with one attached hydrogen (secondary N) is 2. The molecule has 0 fully saturated rings.